The van der Waals surface area contributed by atoms with Crippen molar-refractivity contribution in [3.8, 4) is 0 Å². The molecule has 134 valence electrons. The van der Waals surface area contributed by atoms with Crippen LogP contribution in [-0.4, -0.2) is 57.4 Å². The van der Waals surface area contributed by atoms with Crippen molar-refractivity contribution in [2.45, 2.75) is 33.4 Å². The zero-order chi connectivity index (χ0) is 18.0. The number of aromatic nitrogens is 4. The predicted molar refractivity (Wildman–Crippen MR) is 93.6 cm³/mol. The molecule has 0 spiro atoms. The van der Waals surface area contributed by atoms with Gasteiger partial charge in [-0.25, -0.2) is 9.97 Å². The monoisotopic (exact) mass is 344 g/mol. The molecule has 1 fully saturated rings. The van der Waals surface area contributed by atoms with Gasteiger partial charge in [-0.05, 0) is 20.8 Å². The number of anilines is 1. The van der Waals surface area contributed by atoms with Crippen LogP contribution in [-0.2, 0) is 11.3 Å². The van der Waals surface area contributed by atoms with Crippen molar-refractivity contribution < 1.29 is 9.53 Å². The third-order valence-electron chi connectivity index (χ3n) is 4.32. The summed E-state index contributed by atoms with van der Waals surface area (Å²) in [7, 11) is 1.81. The van der Waals surface area contributed by atoms with E-state index in [0.717, 1.165) is 23.8 Å². The predicted octanol–water partition coefficient (Wildman–Crippen LogP) is 1.57. The fourth-order valence-corrected chi connectivity index (χ4v) is 2.97. The van der Waals surface area contributed by atoms with Crippen LogP contribution in [0.3, 0.4) is 0 Å². The van der Waals surface area contributed by atoms with Crippen molar-refractivity contribution in [2.75, 3.05) is 32.1 Å². The van der Waals surface area contributed by atoms with Gasteiger partial charge in [-0.15, -0.1) is 0 Å². The van der Waals surface area contributed by atoms with E-state index in [9.17, 15) is 4.79 Å². The minimum absolute atomic E-state index is 0.0541. The molecule has 1 atom stereocenters. The summed E-state index contributed by atoms with van der Waals surface area (Å²) < 4.78 is 7.39. The van der Waals surface area contributed by atoms with E-state index in [4.69, 9.17) is 4.74 Å². The number of hydrogen-bond donors (Lipinski definition) is 1. The number of rotatable bonds is 4. The maximum atomic E-state index is 13.1. The van der Waals surface area contributed by atoms with Crippen LogP contribution in [0.1, 0.15) is 40.5 Å². The van der Waals surface area contributed by atoms with Crippen molar-refractivity contribution in [1.82, 2.24) is 24.6 Å². The number of amides is 1. The number of nitrogens with zero attached hydrogens (tertiary/aromatic N) is 5. The van der Waals surface area contributed by atoms with Crippen LogP contribution in [0.25, 0.3) is 0 Å². The fraction of sp³-hybridized carbons (Fsp3) is 0.529. The Morgan fingerprint density at radius 2 is 2.20 bits per heavy atom. The highest BCUT2D eigenvalue weighted by atomic mass is 16.5. The molecule has 3 heterocycles. The van der Waals surface area contributed by atoms with E-state index in [2.05, 4.69) is 20.4 Å². The Balaban J connectivity index is 1.94. The summed E-state index contributed by atoms with van der Waals surface area (Å²) in [5, 5.41) is 7.42. The third-order valence-corrected chi connectivity index (χ3v) is 4.32. The zero-order valence-electron chi connectivity index (χ0n) is 15.1. The van der Waals surface area contributed by atoms with Crippen molar-refractivity contribution in [1.29, 1.82) is 0 Å². The number of carbonyl (C=O) groups excluding carboxylic acids is 1. The summed E-state index contributed by atoms with van der Waals surface area (Å²) in [4.78, 5) is 24.0. The Morgan fingerprint density at radius 3 is 2.88 bits per heavy atom. The van der Waals surface area contributed by atoms with Crippen LogP contribution >= 0.6 is 0 Å². The maximum absolute atomic E-state index is 13.1. The normalized spacial score (nSPS) is 17.6. The molecule has 0 radical (unpaired) electrons. The van der Waals surface area contributed by atoms with Gasteiger partial charge < -0.3 is 15.0 Å². The molecule has 2 aromatic heterocycles. The molecule has 1 N–H and O–H groups in total. The van der Waals surface area contributed by atoms with Crippen LogP contribution in [0.4, 0.5) is 5.82 Å². The quantitative estimate of drug-likeness (QED) is 0.906. The molecule has 0 aliphatic carbocycles. The molecule has 0 aromatic carbocycles. The van der Waals surface area contributed by atoms with Crippen LogP contribution in [0.5, 0.6) is 0 Å². The van der Waals surface area contributed by atoms with Crippen molar-refractivity contribution in [3.63, 3.8) is 0 Å². The van der Waals surface area contributed by atoms with Crippen LogP contribution in [0.15, 0.2) is 12.3 Å². The Morgan fingerprint density at radius 1 is 1.40 bits per heavy atom. The second kappa shape index (κ2) is 7.18. The highest BCUT2D eigenvalue weighted by Crippen LogP contribution is 2.25. The standard InChI is InChI=1S/C17H24N6O2/c1-5-22-9-13(12(3)21-22)17(24)23-6-7-25-10-14(23)16-19-11(2)8-15(18-4)20-16/h8-9,14H,5-7,10H2,1-4H3,(H,18,19,20). The molecule has 8 nitrogen and oxygen atoms in total. The molecule has 2 aromatic rings. The van der Waals surface area contributed by atoms with Gasteiger partial charge in [0.25, 0.3) is 5.91 Å². The van der Waals surface area contributed by atoms with Gasteiger partial charge in [0.1, 0.15) is 11.9 Å². The van der Waals surface area contributed by atoms with Gasteiger partial charge in [-0.3, -0.25) is 9.48 Å². The van der Waals surface area contributed by atoms with Crippen LogP contribution in [0, 0.1) is 13.8 Å². The number of nitrogens with one attached hydrogen (secondary N) is 1. The Labute approximate surface area is 147 Å². The smallest absolute Gasteiger partial charge is 0.258 e. The largest absolute Gasteiger partial charge is 0.377 e. The number of aryl methyl sites for hydroxylation is 3. The topological polar surface area (TPSA) is 85.2 Å². The first-order valence-corrected chi connectivity index (χ1v) is 8.49. The first-order valence-electron chi connectivity index (χ1n) is 8.49. The summed E-state index contributed by atoms with van der Waals surface area (Å²) in [6.07, 6.45) is 1.81. The fourth-order valence-electron chi connectivity index (χ4n) is 2.97. The lowest BCUT2D eigenvalue weighted by atomic mass is 10.1. The van der Waals surface area contributed by atoms with Crippen LogP contribution < -0.4 is 5.32 Å². The van der Waals surface area contributed by atoms with E-state index in [1.165, 1.54) is 0 Å². The molecule has 1 aliphatic rings. The molecule has 0 saturated carbocycles. The van der Waals surface area contributed by atoms with E-state index in [1.807, 2.05) is 33.9 Å². The lowest BCUT2D eigenvalue weighted by Crippen LogP contribution is -2.44. The van der Waals surface area contributed by atoms with Gasteiger partial charge in [-0.1, -0.05) is 0 Å². The van der Waals surface area contributed by atoms with Crippen molar-refractivity contribution in [3.05, 3.63) is 35.0 Å². The average molecular weight is 344 g/mol. The number of morpholine rings is 1. The minimum Gasteiger partial charge on any atom is -0.377 e. The van der Waals surface area contributed by atoms with E-state index >= 15 is 0 Å². The van der Waals surface area contributed by atoms with E-state index in [0.29, 0.717) is 31.1 Å². The van der Waals surface area contributed by atoms with Gasteiger partial charge in [0, 0.05) is 38.1 Å². The summed E-state index contributed by atoms with van der Waals surface area (Å²) in [6.45, 7) is 7.90. The average Bonchev–Trinajstić information content (AvgIpc) is 3.01. The van der Waals surface area contributed by atoms with E-state index in [1.54, 1.807) is 15.8 Å². The summed E-state index contributed by atoms with van der Waals surface area (Å²) in [5.41, 5.74) is 2.20. The van der Waals surface area contributed by atoms with E-state index in [-0.39, 0.29) is 11.9 Å². The Bertz CT molecular complexity index is 772. The zero-order valence-corrected chi connectivity index (χ0v) is 15.1. The van der Waals surface area contributed by atoms with Gasteiger partial charge in [0.05, 0.1) is 24.5 Å². The van der Waals surface area contributed by atoms with E-state index < -0.39 is 0 Å². The third kappa shape index (κ3) is 3.48. The highest BCUT2D eigenvalue weighted by Gasteiger charge is 2.33. The number of hydrogen-bond acceptors (Lipinski definition) is 6. The second-order valence-corrected chi connectivity index (χ2v) is 6.08. The highest BCUT2D eigenvalue weighted by molar-refractivity contribution is 5.95. The molecule has 8 heteroatoms. The van der Waals surface area contributed by atoms with Gasteiger partial charge in [0.2, 0.25) is 0 Å². The summed E-state index contributed by atoms with van der Waals surface area (Å²) in [5.74, 6) is 1.27. The summed E-state index contributed by atoms with van der Waals surface area (Å²) in [6, 6.07) is 1.56. The number of carbonyl (C=O) groups is 1. The lowest BCUT2D eigenvalue weighted by molar-refractivity contribution is -0.00527. The molecule has 1 aliphatic heterocycles. The summed E-state index contributed by atoms with van der Waals surface area (Å²) >= 11 is 0. The first-order chi connectivity index (χ1) is 12.0. The second-order valence-electron chi connectivity index (χ2n) is 6.08. The molecule has 1 saturated heterocycles. The van der Waals surface area contributed by atoms with Crippen LogP contribution in [0.2, 0.25) is 0 Å². The molecule has 3 rings (SSSR count). The molecule has 1 unspecified atom stereocenters. The van der Waals surface area contributed by atoms with Gasteiger partial charge in [0.15, 0.2) is 5.82 Å². The molecular weight excluding hydrogens is 320 g/mol. The van der Waals surface area contributed by atoms with Crippen molar-refractivity contribution in [2.24, 2.45) is 0 Å². The molecule has 25 heavy (non-hydrogen) atoms. The minimum atomic E-state index is -0.308. The first kappa shape index (κ1) is 17.3. The molecule has 0 bridgehead atoms. The lowest BCUT2D eigenvalue weighted by Gasteiger charge is -2.34. The number of ether oxygens (including phenoxy) is 1. The van der Waals surface area contributed by atoms with Crippen molar-refractivity contribution >= 4 is 11.7 Å². The Kier molecular flexibility index (Phi) is 4.98. The molecule has 1 amide bonds. The van der Waals surface area contributed by atoms with Gasteiger partial charge in [-0.2, -0.15) is 5.10 Å². The molecular formula is C17H24N6O2. The SMILES string of the molecule is CCn1cc(C(=O)N2CCOCC2c2nc(C)cc(NC)n2)c(C)n1. The maximum Gasteiger partial charge on any atom is 0.258 e. The Hall–Kier alpha value is -2.48. The van der Waals surface area contributed by atoms with Gasteiger partial charge >= 0.3 is 0 Å².